The van der Waals surface area contributed by atoms with Crippen LogP contribution in [0.4, 0.5) is 0 Å². The molecular weight excluding hydrogens is 200 g/mol. The van der Waals surface area contributed by atoms with Crippen LogP contribution in [-0.4, -0.2) is 34.1 Å². The van der Waals surface area contributed by atoms with Gasteiger partial charge in [0.1, 0.15) is 6.10 Å². The summed E-state index contributed by atoms with van der Waals surface area (Å²) >= 11 is 0. The van der Waals surface area contributed by atoms with Crippen LogP contribution in [-0.2, 0) is 9.68 Å². The summed E-state index contributed by atoms with van der Waals surface area (Å²) in [7, 11) is 0. The molecule has 0 aromatic rings. The van der Waals surface area contributed by atoms with Crippen molar-refractivity contribution in [2.24, 2.45) is 11.8 Å². The number of hydrogen-bond acceptors (Lipinski definition) is 6. The molecule has 0 aromatic heterocycles. The molecule has 0 aliphatic heterocycles. The molecule has 0 saturated heterocycles. The number of hydrogen-bond donors (Lipinski definition) is 4. The second-order valence-electron chi connectivity index (χ2n) is 4.59. The van der Waals surface area contributed by atoms with Crippen LogP contribution in [0.3, 0.4) is 0 Å². The van der Waals surface area contributed by atoms with Gasteiger partial charge in [-0.3, -0.25) is 4.84 Å². The second-order valence-corrected chi connectivity index (χ2v) is 4.59. The van der Waals surface area contributed by atoms with Crippen LogP contribution in [0, 0.1) is 0 Å². The van der Waals surface area contributed by atoms with Crippen molar-refractivity contribution in [1.82, 2.24) is 0 Å². The molecule has 0 heterocycles. The molecular formula is C9H20N2O4. The van der Waals surface area contributed by atoms with Gasteiger partial charge in [0.05, 0.1) is 17.8 Å². The van der Waals surface area contributed by atoms with Crippen LogP contribution in [0.1, 0.15) is 32.6 Å². The summed E-state index contributed by atoms with van der Waals surface area (Å²) in [5, 5.41) is 19.9. The molecule has 6 N–H and O–H groups in total. The van der Waals surface area contributed by atoms with Gasteiger partial charge in [-0.2, -0.15) is 0 Å². The fourth-order valence-corrected chi connectivity index (χ4v) is 1.86. The minimum atomic E-state index is -1.15. The fourth-order valence-electron chi connectivity index (χ4n) is 1.86. The highest BCUT2D eigenvalue weighted by atomic mass is 16.6. The van der Waals surface area contributed by atoms with Crippen LogP contribution in [0.25, 0.3) is 0 Å². The van der Waals surface area contributed by atoms with Gasteiger partial charge in [0.15, 0.2) is 0 Å². The van der Waals surface area contributed by atoms with E-state index in [-0.39, 0.29) is 13.0 Å². The molecule has 2 unspecified atom stereocenters. The molecule has 15 heavy (non-hydrogen) atoms. The minimum absolute atomic E-state index is 0.0249. The molecule has 0 radical (unpaired) electrons. The van der Waals surface area contributed by atoms with Crippen molar-refractivity contribution in [3.8, 4) is 0 Å². The summed E-state index contributed by atoms with van der Waals surface area (Å²) in [6.07, 6.45) is 1.85. The Morgan fingerprint density at radius 1 is 1.47 bits per heavy atom. The highest BCUT2D eigenvalue weighted by Gasteiger charge is 2.45. The average molecular weight is 220 g/mol. The van der Waals surface area contributed by atoms with Crippen LogP contribution >= 0.6 is 0 Å². The highest BCUT2D eigenvalue weighted by Crippen LogP contribution is 2.38. The van der Waals surface area contributed by atoms with Crippen molar-refractivity contribution in [1.29, 1.82) is 0 Å². The van der Waals surface area contributed by atoms with E-state index in [0.717, 1.165) is 6.42 Å². The third kappa shape index (κ3) is 3.10. The van der Waals surface area contributed by atoms with Gasteiger partial charge in [-0.15, -0.1) is 0 Å². The van der Waals surface area contributed by atoms with E-state index in [9.17, 15) is 10.2 Å². The lowest BCUT2D eigenvalue weighted by Crippen LogP contribution is -2.54. The minimum Gasteiger partial charge on any atom is -0.388 e. The van der Waals surface area contributed by atoms with E-state index < -0.39 is 17.3 Å². The molecule has 1 fully saturated rings. The van der Waals surface area contributed by atoms with E-state index in [1.807, 2.05) is 0 Å². The van der Waals surface area contributed by atoms with Crippen molar-refractivity contribution >= 4 is 0 Å². The second kappa shape index (κ2) is 4.73. The highest BCUT2D eigenvalue weighted by molar-refractivity contribution is 4.97. The Bertz CT molecular complexity index is 206. The molecule has 1 aliphatic carbocycles. The van der Waals surface area contributed by atoms with Crippen molar-refractivity contribution < 1.29 is 19.9 Å². The maximum Gasteiger partial charge on any atom is 0.110 e. The molecule has 0 aromatic carbocycles. The normalized spacial score (nSPS) is 25.4. The molecule has 2 atom stereocenters. The van der Waals surface area contributed by atoms with Gasteiger partial charge in [0.25, 0.3) is 0 Å². The lowest BCUT2D eigenvalue weighted by molar-refractivity contribution is -0.178. The Morgan fingerprint density at radius 3 is 2.40 bits per heavy atom. The molecule has 0 spiro atoms. The molecule has 1 saturated carbocycles. The van der Waals surface area contributed by atoms with E-state index >= 15 is 0 Å². The number of rotatable bonds is 6. The quantitative estimate of drug-likeness (QED) is 0.436. The predicted octanol–water partition coefficient (Wildman–Crippen LogP) is -0.808. The smallest absolute Gasteiger partial charge is 0.110 e. The Morgan fingerprint density at radius 2 is 2.07 bits per heavy atom. The van der Waals surface area contributed by atoms with Gasteiger partial charge in [-0.1, -0.05) is 0 Å². The van der Waals surface area contributed by atoms with Crippen molar-refractivity contribution in [2.75, 3.05) is 6.61 Å². The van der Waals surface area contributed by atoms with Crippen molar-refractivity contribution in [3.63, 3.8) is 0 Å². The van der Waals surface area contributed by atoms with Crippen molar-refractivity contribution in [3.05, 3.63) is 0 Å². The summed E-state index contributed by atoms with van der Waals surface area (Å²) in [5.41, 5.74) is -2.06. The average Bonchev–Trinajstić information content (AvgIpc) is 2.10. The van der Waals surface area contributed by atoms with E-state index in [4.69, 9.17) is 16.6 Å². The van der Waals surface area contributed by atoms with Gasteiger partial charge in [-0.05, 0) is 26.2 Å². The molecule has 0 amide bonds. The molecule has 1 aliphatic rings. The lowest BCUT2D eigenvalue weighted by atomic mass is 9.73. The lowest BCUT2D eigenvalue weighted by Gasteiger charge is -2.43. The topological polar surface area (TPSA) is 111 Å². The predicted molar refractivity (Wildman–Crippen MR) is 53.2 cm³/mol. The van der Waals surface area contributed by atoms with Gasteiger partial charge >= 0.3 is 0 Å². The summed E-state index contributed by atoms with van der Waals surface area (Å²) in [6.45, 7) is 1.54. The van der Waals surface area contributed by atoms with Crippen LogP contribution < -0.4 is 11.8 Å². The van der Waals surface area contributed by atoms with Gasteiger partial charge in [0, 0.05) is 6.42 Å². The fraction of sp³-hybridized carbons (Fsp3) is 1.00. The van der Waals surface area contributed by atoms with Gasteiger partial charge in [-0.25, -0.2) is 11.8 Å². The third-order valence-electron chi connectivity index (χ3n) is 3.00. The zero-order valence-corrected chi connectivity index (χ0v) is 8.98. The Kier molecular flexibility index (Phi) is 4.05. The SMILES string of the molecule is CC(O)(CON)CC(ON)C1(O)CCC1. The first-order chi connectivity index (χ1) is 6.93. The van der Waals surface area contributed by atoms with Crippen LogP contribution in [0.15, 0.2) is 0 Å². The third-order valence-corrected chi connectivity index (χ3v) is 3.00. The standard InChI is InChI=1S/C9H20N2O4/c1-8(12,6-14-10)5-7(15-11)9(13)3-2-4-9/h7,12-13H,2-6,10-11H2,1H3. The summed E-state index contributed by atoms with van der Waals surface area (Å²) < 4.78 is 0. The first-order valence-electron chi connectivity index (χ1n) is 5.05. The molecule has 6 heteroatoms. The first kappa shape index (κ1) is 12.8. The van der Waals surface area contributed by atoms with Crippen LogP contribution in [0.5, 0.6) is 0 Å². The largest absolute Gasteiger partial charge is 0.388 e. The zero-order chi connectivity index (χ0) is 11.5. The zero-order valence-electron chi connectivity index (χ0n) is 8.98. The molecule has 1 rings (SSSR count). The number of aliphatic hydroxyl groups is 2. The monoisotopic (exact) mass is 220 g/mol. The van der Waals surface area contributed by atoms with E-state index in [2.05, 4.69) is 4.84 Å². The van der Waals surface area contributed by atoms with E-state index in [1.165, 1.54) is 0 Å². The molecule has 6 nitrogen and oxygen atoms in total. The molecule has 0 bridgehead atoms. The summed E-state index contributed by atoms with van der Waals surface area (Å²) in [4.78, 5) is 9.12. The maximum atomic E-state index is 10.0. The Hall–Kier alpha value is -0.240. The molecule has 90 valence electrons. The Labute approximate surface area is 89.1 Å². The first-order valence-corrected chi connectivity index (χ1v) is 5.05. The van der Waals surface area contributed by atoms with Gasteiger partial charge < -0.3 is 15.1 Å². The maximum absolute atomic E-state index is 10.0. The van der Waals surface area contributed by atoms with E-state index in [0.29, 0.717) is 12.8 Å². The Balaban J connectivity index is 2.52. The van der Waals surface area contributed by atoms with Crippen LogP contribution in [0.2, 0.25) is 0 Å². The summed E-state index contributed by atoms with van der Waals surface area (Å²) in [5.74, 6) is 10.0. The van der Waals surface area contributed by atoms with E-state index in [1.54, 1.807) is 6.92 Å². The summed E-state index contributed by atoms with van der Waals surface area (Å²) in [6, 6.07) is 0. The number of nitrogens with two attached hydrogens (primary N) is 2. The van der Waals surface area contributed by atoms with Crippen molar-refractivity contribution in [2.45, 2.75) is 49.9 Å². The van der Waals surface area contributed by atoms with Gasteiger partial charge in [0.2, 0.25) is 0 Å².